The van der Waals surface area contributed by atoms with Gasteiger partial charge in [-0.15, -0.1) is 0 Å². The molecule has 0 aromatic carbocycles. The summed E-state index contributed by atoms with van der Waals surface area (Å²) in [6.07, 6.45) is 65.1. The van der Waals surface area contributed by atoms with Crippen molar-refractivity contribution in [3.8, 4) is 0 Å². The molecule has 0 radical (unpaired) electrons. The number of ether oxygens (including phenoxy) is 3. The Morgan fingerprint density at radius 3 is 1.51 bits per heavy atom. The highest BCUT2D eigenvalue weighted by atomic mass is 16.7. The molecule has 0 saturated carbocycles. The van der Waals surface area contributed by atoms with Crippen LogP contribution in [0.5, 0.6) is 0 Å². The number of rotatable bonds is 51. The van der Waals surface area contributed by atoms with Gasteiger partial charge < -0.3 is 45.1 Å². The molecule has 11 nitrogen and oxygen atoms in total. The topological polar surface area (TPSA) is 175 Å². The Morgan fingerprint density at radius 2 is 0.962 bits per heavy atom. The fraction of sp³-hybridized carbons (Fsp3) is 0.676. The Bertz CT molecular complexity index is 1740. The van der Waals surface area contributed by atoms with Crippen molar-refractivity contribution in [1.29, 1.82) is 0 Å². The van der Waals surface area contributed by atoms with Gasteiger partial charge in [-0.25, -0.2) is 0 Å². The van der Waals surface area contributed by atoms with Crippen molar-refractivity contribution >= 4 is 11.9 Å². The van der Waals surface area contributed by atoms with Gasteiger partial charge >= 0.3 is 5.97 Å². The second kappa shape index (κ2) is 54.6. The first kappa shape index (κ1) is 73.1. The van der Waals surface area contributed by atoms with Crippen LogP contribution in [0.15, 0.2) is 122 Å². The Labute approximate surface area is 480 Å². The summed E-state index contributed by atoms with van der Waals surface area (Å²) in [6, 6.07) is -1.05. The fourth-order valence-electron chi connectivity index (χ4n) is 9.01. The quantitative estimate of drug-likeness (QED) is 0.0149. The zero-order valence-electron chi connectivity index (χ0n) is 49.7. The van der Waals surface area contributed by atoms with E-state index in [1.165, 1.54) is 77.0 Å². The molecule has 1 aliphatic heterocycles. The zero-order valence-corrected chi connectivity index (χ0v) is 49.7. The van der Waals surface area contributed by atoms with E-state index >= 15 is 0 Å². The molecule has 0 aromatic rings. The van der Waals surface area contributed by atoms with Crippen LogP contribution in [0.25, 0.3) is 0 Å². The SMILES string of the molecule is CC/C=C/C=C/C=C\C=C/C=C/CCCCCC(=O)OC1C(OCC(NC(=O)C(O)CCCCCCCC/C=C\C/C=C\C/C=C\C/C=C\CCCCC)C(O)/C=C/CCCCCCCCCCCCC)OC(CO)C(O)C1O. The first-order valence-electron chi connectivity index (χ1n) is 31.4. The maximum atomic E-state index is 13.4. The first-order valence-corrected chi connectivity index (χ1v) is 31.4. The summed E-state index contributed by atoms with van der Waals surface area (Å²) in [7, 11) is 0. The molecular weight excluding hydrogens is 991 g/mol. The van der Waals surface area contributed by atoms with Gasteiger partial charge in [-0.1, -0.05) is 258 Å². The van der Waals surface area contributed by atoms with E-state index in [4.69, 9.17) is 14.2 Å². The smallest absolute Gasteiger partial charge is 0.306 e. The van der Waals surface area contributed by atoms with E-state index in [1.54, 1.807) is 6.08 Å². The second-order valence-corrected chi connectivity index (χ2v) is 21.2. The Kier molecular flexibility index (Phi) is 50.5. The minimum atomic E-state index is -1.64. The van der Waals surface area contributed by atoms with Gasteiger partial charge in [-0.05, 0) is 89.9 Å². The van der Waals surface area contributed by atoms with Crippen LogP contribution in [0.2, 0.25) is 0 Å². The van der Waals surface area contributed by atoms with Gasteiger partial charge in [0.25, 0.3) is 0 Å². The minimum Gasteiger partial charge on any atom is -0.454 e. The molecule has 79 heavy (non-hydrogen) atoms. The molecule has 6 N–H and O–H groups in total. The van der Waals surface area contributed by atoms with E-state index in [2.05, 4.69) is 86.8 Å². The first-order chi connectivity index (χ1) is 38.7. The van der Waals surface area contributed by atoms with Crippen molar-refractivity contribution in [1.82, 2.24) is 5.32 Å². The second-order valence-electron chi connectivity index (χ2n) is 21.2. The lowest BCUT2D eigenvalue weighted by Crippen LogP contribution is -2.61. The third-order valence-corrected chi connectivity index (χ3v) is 14.0. The van der Waals surface area contributed by atoms with Gasteiger partial charge in [0.05, 0.1) is 25.4 Å². The van der Waals surface area contributed by atoms with Crippen LogP contribution < -0.4 is 5.32 Å². The molecule has 1 fully saturated rings. The maximum absolute atomic E-state index is 13.4. The van der Waals surface area contributed by atoms with Crippen LogP contribution in [0.3, 0.4) is 0 Å². The molecule has 450 valence electrons. The molecule has 1 aliphatic rings. The highest BCUT2D eigenvalue weighted by molar-refractivity contribution is 5.80. The van der Waals surface area contributed by atoms with Crippen molar-refractivity contribution in [2.75, 3.05) is 13.2 Å². The Morgan fingerprint density at radius 1 is 0.519 bits per heavy atom. The van der Waals surface area contributed by atoms with Crippen LogP contribution in [-0.4, -0.2) is 99.6 Å². The van der Waals surface area contributed by atoms with Gasteiger partial charge in [0.1, 0.15) is 24.4 Å². The van der Waals surface area contributed by atoms with E-state index in [0.717, 1.165) is 109 Å². The molecule has 0 aromatic heterocycles. The van der Waals surface area contributed by atoms with Crippen LogP contribution in [0.1, 0.15) is 233 Å². The summed E-state index contributed by atoms with van der Waals surface area (Å²) >= 11 is 0. The van der Waals surface area contributed by atoms with Gasteiger partial charge in [-0.3, -0.25) is 9.59 Å². The standard InChI is InChI=1S/C68H113NO10/c1-4-7-10-13-16-19-22-25-27-28-29-30-31-32-33-35-37-40-43-46-49-52-55-61(72)67(76)69-59(60(71)54-51-48-45-42-39-36-24-21-18-15-12-9-6-3)58-77-68-66(65(75)64(74)62(57-70)78-68)79-63(73)56-53-50-47-44-41-38-34-26-23-20-17-14-11-8-5-2/h8,11,14,16-17,19-20,23,25-27,29-30,32-34,38,41,51,54,59-62,64-66,68,70-72,74-75H,4-7,9-10,12-13,15,18,21-22,24,28,31,35-37,39-40,42-50,52-53,55-58H2,1-3H3,(H,69,76)/b11-8+,17-14+,19-16-,23-20-,27-25-,30-29-,33-32-,34-26-,41-38+,54-51+. The van der Waals surface area contributed by atoms with E-state index in [0.29, 0.717) is 12.8 Å². The molecule has 8 atom stereocenters. The lowest BCUT2D eigenvalue weighted by Gasteiger charge is -2.41. The normalized spacial score (nSPS) is 19.7. The maximum Gasteiger partial charge on any atom is 0.306 e. The van der Waals surface area contributed by atoms with Crippen molar-refractivity contribution in [3.05, 3.63) is 122 Å². The summed E-state index contributed by atoms with van der Waals surface area (Å²) < 4.78 is 17.6. The molecule has 1 amide bonds. The van der Waals surface area contributed by atoms with Crippen LogP contribution >= 0.6 is 0 Å². The van der Waals surface area contributed by atoms with Crippen LogP contribution in [0.4, 0.5) is 0 Å². The number of carbonyl (C=O) groups is 2. The zero-order chi connectivity index (χ0) is 57.5. The number of hydrogen-bond donors (Lipinski definition) is 6. The monoisotopic (exact) mass is 1100 g/mol. The third kappa shape index (κ3) is 42.6. The number of allylic oxidation sites excluding steroid dienone is 19. The molecule has 0 aliphatic carbocycles. The number of aliphatic hydroxyl groups excluding tert-OH is 5. The van der Waals surface area contributed by atoms with E-state index in [9.17, 15) is 35.1 Å². The van der Waals surface area contributed by atoms with Crippen LogP contribution in [0, 0.1) is 0 Å². The molecule has 8 unspecified atom stereocenters. The van der Waals surface area contributed by atoms with E-state index in [-0.39, 0.29) is 19.4 Å². The highest BCUT2D eigenvalue weighted by Gasteiger charge is 2.47. The third-order valence-electron chi connectivity index (χ3n) is 14.0. The molecule has 1 heterocycles. The van der Waals surface area contributed by atoms with Crippen molar-refractivity contribution < 1.29 is 49.3 Å². The molecule has 1 rings (SSSR count). The minimum absolute atomic E-state index is 0.0663. The van der Waals surface area contributed by atoms with Gasteiger partial charge in [0.15, 0.2) is 12.4 Å². The largest absolute Gasteiger partial charge is 0.454 e. The number of amides is 1. The van der Waals surface area contributed by atoms with Gasteiger partial charge in [0, 0.05) is 6.42 Å². The number of nitrogens with one attached hydrogen (secondary N) is 1. The Balaban J connectivity index is 2.72. The summed E-state index contributed by atoms with van der Waals surface area (Å²) in [6.45, 7) is 5.58. The predicted molar refractivity (Wildman–Crippen MR) is 328 cm³/mol. The predicted octanol–water partition coefficient (Wildman–Crippen LogP) is 15.1. The lowest BCUT2D eigenvalue weighted by atomic mass is 9.99. The van der Waals surface area contributed by atoms with Gasteiger partial charge in [0.2, 0.25) is 5.91 Å². The molecular formula is C68H113NO10. The average molecular weight is 1100 g/mol. The summed E-state index contributed by atoms with van der Waals surface area (Å²) in [5.41, 5.74) is 0. The highest BCUT2D eigenvalue weighted by Crippen LogP contribution is 2.26. The van der Waals surface area contributed by atoms with Crippen molar-refractivity contribution in [3.63, 3.8) is 0 Å². The molecule has 0 bridgehead atoms. The van der Waals surface area contributed by atoms with Gasteiger partial charge in [-0.2, -0.15) is 0 Å². The molecule has 11 heteroatoms. The number of aliphatic hydroxyl groups is 5. The van der Waals surface area contributed by atoms with Crippen molar-refractivity contribution in [2.24, 2.45) is 0 Å². The average Bonchev–Trinajstić information content (AvgIpc) is 3.50. The van der Waals surface area contributed by atoms with E-state index in [1.807, 2.05) is 54.7 Å². The van der Waals surface area contributed by atoms with Crippen molar-refractivity contribution in [2.45, 2.75) is 282 Å². The number of hydrogen-bond acceptors (Lipinski definition) is 10. The number of carbonyl (C=O) groups excluding carboxylic acids is 2. The summed E-state index contributed by atoms with van der Waals surface area (Å²) in [5, 5.41) is 57.0. The molecule has 0 spiro atoms. The summed E-state index contributed by atoms with van der Waals surface area (Å²) in [4.78, 5) is 26.5. The fourth-order valence-corrected chi connectivity index (χ4v) is 9.01. The Hall–Kier alpha value is -3.94. The van der Waals surface area contributed by atoms with Crippen LogP contribution in [-0.2, 0) is 23.8 Å². The summed E-state index contributed by atoms with van der Waals surface area (Å²) in [5.74, 6) is -1.26. The number of esters is 1. The molecule has 1 saturated heterocycles. The number of unbranched alkanes of at least 4 members (excludes halogenated alkanes) is 23. The lowest BCUT2D eigenvalue weighted by molar-refractivity contribution is -0.305. The van der Waals surface area contributed by atoms with E-state index < -0.39 is 67.4 Å².